The van der Waals surface area contributed by atoms with E-state index in [0.717, 1.165) is 25.7 Å². The van der Waals surface area contributed by atoms with Crippen LogP contribution in [0.3, 0.4) is 0 Å². The maximum absolute atomic E-state index is 12.2. The molecule has 1 fully saturated rings. The molecule has 1 heterocycles. The Hall–Kier alpha value is -1.29. The summed E-state index contributed by atoms with van der Waals surface area (Å²) in [5.74, 6) is 0.564. The molecule has 4 heteroatoms. The van der Waals surface area contributed by atoms with Crippen molar-refractivity contribution < 1.29 is 14.3 Å². The van der Waals surface area contributed by atoms with Crippen LogP contribution in [0.4, 0.5) is 0 Å². The third-order valence-electron chi connectivity index (χ3n) is 3.60. The van der Waals surface area contributed by atoms with Crippen LogP contribution in [0, 0.1) is 6.92 Å². The zero-order valence-electron chi connectivity index (χ0n) is 10.3. The van der Waals surface area contributed by atoms with Gasteiger partial charge in [0.25, 0.3) is 5.91 Å². The molecule has 17 heavy (non-hydrogen) atoms. The normalized spacial score (nSPS) is 24.6. The molecule has 1 aliphatic carbocycles. The molecular weight excluding hydrogens is 218 g/mol. The first-order chi connectivity index (χ1) is 8.11. The van der Waals surface area contributed by atoms with Crippen molar-refractivity contribution in [3.05, 3.63) is 23.7 Å². The Labute approximate surface area is 101 Å². The van der Waals surface area contributed by atoms with E-state index >= 15 is 0 Å². The maximum Gasteiger partial charge on any atom is 0.257 e. The highest BCUT2D eigenvalue weighted by molar-refractivity contribution is 5.95. The number of carbonyl (C=O) groups is 1. The van der Waals surface area contributed by atoms with Crippen LogP contribution in [0.25, 0.3) is 0 Å². The molecule has 0 aromatic carbocycles. The third kappa shape index (κ3) is 2.36. The summed E-state index contributed by atoms with van der Waals surface area (Å²) in [7, 11) is 1.76. The average molecular weight is 237 g/mol. The predicted octanol–water partition coefficient (Wildman–Crippen LogP) is 1.96. The van der Waals surface area contributed by atoms with E-state index in [2.05, 4.69) is 0 Å². The second-order valence-corrected chi connectivity index (χ2v) is 4.73. The molecule has 0 radical (unpaired) electrons. The van der Waals surface area contributed by atoms with Gasteiger partial charge >= 0.3 is 0 Å². The molecule has 0 saturated heterocycles. The topological polar surface area (TPSA) is 53.7 Å². The van der Waals surface area contributed by atoms with Gasteiger partial charge in [0.1, 0.15) is 5.76 Å². The molecule has 4 nitrogen and oxygen atoms in total. The molecule has 2 atom stereocenters. The van der Waals surface area contributed by atoms with Crippen LogP contribution >= 0.6 is 0 Å². The zero-order valence-corrected chi connectivity index (χ0v) is 10.3. The summed E-state index contributed by atoms with van der Waals surface area (Å²) in [4.78, 5) is 13.9. The minimum absolute atomic E-state index is 0.0643. The molecule has 0 spiro atoms. The maximum atomic E-state index is 12.2. The van der Waals surface area contributed by atoms with Crippen molar-refractivity contribution in [1.29, 1.82) is 0 Å². The summed E-state index contributed by atoms with van der Waals surface area (Å²) < 4.78 is 5.14. The summed E-state index contributed by atoms with van der Waals surface area (Å²) in [6.07, 6.45) is 4.90. The Balaban J connectivity index is 2.11. The monoisotopic (exact) mass is 237 g/mol. The molecule has 1 N–H and O–H groups in total. The van der Waals surface area contributed by atoms with E-state index in [1.807, 2.05) is 0 Å². The number of hydrogen-bond acceptors (Lipinski definition) is 3. The van der Waals surface area contributed by atoms with Gasteiger partial charge in [0.2, 0.25) is 0 Å². The number of likely N-dealkylation sites (N-methyl/N-ethyl adjacent to an activating group) is 1. The lowest BCUT2D eigenvalue weighted by atomic mass is 9.91. The first kappa shape index (κ1) is 12.2. The van der Waals surface area contributed by atoms with Crippen molar-refractivity contribution in [3.8, 4) is 0 Å². The van der Waals surface area contributed by atoms with Crippen LogP contribution in [-0.2, 0) is 0 Å². The molecule has 94 valence electrons. The van der Waals surface area contributed by atoms with Crippen molar-refractivity contribution >= 4 is 5.91 Å². The Morgan fingerprint density at radius 1 is 1.47 bits per heavy atom. The summed E-state index contributed by atoms with van der Waals surface area (Å²) in [6.45, 7) is 1.78. The highest BCUT2D eigenvalue weighted by atomic mass is 16.3. The van der Waals surface area contributed by atoms with E-state index in [1.54, 1.807) is 24.9 Å². The van der Waals surface area contributed by atoms with E-state index in [9.17, 15) is 9.90 Å². The zero-order chi connectivity index (χ0) is 12.4. The quantitative estimate of drug-likeness (QED) is 0.855. The molecule has 1 amide bonds. The average Bonchev–Trinajstić information content (AvgIpc) is 2.74. The van der Waals surface area contributed by atoms with Crippen LogP contribution in [0.2, 0.25) is 0 Å². The summed E-state index contributed by atoms with van der Waals surface area (Å²) in [5.41, 5.74) is 0.588. The fourth-order valence-corrected chi connectivity index (χ4v) is 2.49. The lowest BCUT2D eigenvalue weighted by molar-refractivity contribution is 0.0267. The van der Waals surface area contributed by atoms with E-state index < -0.39 is 6.10 Å². The third-order valence-corrected chi connectivity index (χ3v) is 3.60. The van der Waals surface area contributed by atoms with Gasteiger partial charge in [0.15, 0.2) is 0 Å². The van der Waals surface area contributed by atoms with Gasteiger partial charge < -0.3 is 14.4 Å². The number of hydrogen-bond donors (Lipinski definition) is 1. The highest BCUT2D eigenvalue weighted by Gasteiger charge is 2.30. The van der Waals surface area contributed by atoms with E-state index in [1.165, 1.54) is 6.26 Å². The minimum Gasteiger partial charge on any atom is -0.469 e. The molecule has 0 aliphatic heterocycles. The predicted molar refractivity (Wildman–Crippen MR) is 63.8 cm³/mol. The first-order valence-electron chi connectivity index (χ1n) is 6.10. The molecule has 1 saturated carbocycles. The van der Waals surface area contributed by atoms with Crippen LogP contribution in [-0.4, -0.2) is 35.1 Å². The van der Waals surface area contributed by atoms with Crippen molar-refractivity contribution in [2.45, 2.75) is 44.8 Å². The standard InChI is InChI=1S/C13H19NO3/c1-9-10(7-8-17-9)13(16)14(2)11-5-3-4-6-12(11)15/h7-8,11-12,15H,3-6H2,1-2H3. The van der Waals surface area contributed by atoms with Gasteiger partial charge in [-0.3, -0.25) is 4.79 Å². The fraction of sp³-hybridized carbons (Fsp3) is 0.615. The lowest BCUT2D eigenvalue weighted by Crippen LogP contribution is -2.46. The number of aryl methyl sites for hydroxylation is 1. The number of aliphatic hydroxyl groups is 1. The Morgan fingerprint density at radius 2 is 2.18 bits per heavy atom. The molecular formula is C13H19NO3. The second-order valence-electron chi connectivity index (χ2n) is 4.73. The first-order valence-corrected chi connectivity index (χ1v) is 6.10. The lowest BCUT2D eigenvalue weighted by Gasteiger charge is -2.35. The fourth-order valence-electron chi connectivity index (χ4n) is 2.49. The van der Waals surface area contributed by atoms with E-state index in [4.69, 9.17) is 4.42 Å². The van der Waals surface area contributed by atoms with Gasteiger partial charge in [0, 0.05) is 7.05 Å². The smallest absolute Gasteiger partial charge is 0.257 e. The number of carbonyl (C=O) groups excluding carboxylic acids is 1. The number of nitrogens with zero attached hydrogens (tertiary/aromatic N) is 1. The van der Waals surface area contributed by atoms with E-state index in [0.29, 0.717) is 11.3 Å². The SMILES string of the molecule is Cc1occc1C(=O)N(C)C1CCCCC1O. The van der Waals surface area contributed by atoms with Crippen molar-refractivity contribution in [3.63, 3.8) is 0 Å². The number of furan rings is 1. The highest BCUT2D eigenvalue weighted by Crippen LogP contribution is 2.24. The number of rotatable bonds is 2. The van der Waals surface area contributed by atoms with Crippen LogP contribution in [0.1, 0.15) is 41.8 Å². The minimum atomic E-state index is -0.398. The van der Waals surface area contributed by atoms with Gasteiger partial charge in [0.05, 0.1) is 24.0 Å². The Morgan fingerprint density at radius 3 is 2.76 bits per heavy atom. The van der Waals surface area contributed by atoms with Gasteiger partial charge in [-0.1, -0.05) is 12.8 Å². The van der Waals surface area contributed by atoms with Gasteiger partial charge in [-0.25, -0.2) is 0 Å². The number of aliphatic hydroxyl groups excluding tert-OH is 1. The van der Waals surface area contributed by atoms with Gasteiger partial charge in [-0.05, 0) is 25.8 Å². The van der Waals surface area contributed by atoms with Crippen molar-refractivity contribution in [2.24, 2.45) is 0 Å². The van der Waals surface area contributed by atoms with Crippen LogP contribution < -0.4 is 0 Å². The molecule has 0 bridgehead atoms. The molecule has 2 unspecified atom stereocenters. The Bertz CT molecular complexity index is 399. The second kappa shape index (κ2) is 4.92. The van der Waals surface area contributed by atoms with Gasteiger partial charge in [-0.15, -0.1) is 0 Å². The molecule has 1 aliphatic rings. The molecule has 1 aromatic rings. The summed E-state index contributed by atoms with van der Waals surface area (Å²) in [5, 5.41) is 9.94. The van der Waals surface area contributed by atoms with E-state index in [-0.39, 0.29) is 11.9 Å². The van der Waals surface area contributed by atoms with Crippen molar-refractivity contribution in [2.75, 3.05) is 7.05 Å². The van der Waals surface area contributed by atoms with Crippen LogP contribution in [0.15, 0.2) is 16.7 Å². The Kier molecular flexibility index (Phi) is 3.52. The molecule has 1 aromatic heterocycles. The van der Waals surface area contributed by atoms with Crippen molar-refractivity contribution in [1.82, 2.24) is 4.90 Å². The summed E-state index contributed by atoms with van der Waals surface area (Å²) in [6, 6.07) is 1.62. The molecule has 2 rings (SSSR count). The summed E-state index contributed by atoms with van der Waals surface area (Å²) >= 11 is 0. The van der Waals surface area contributed by atoms with Crippen LogP contribution in [0.5, 0.6) is 0 Å². The number of amides is 1. The largest absolute Gasteiger partial charge is 0.469 e. The van der Waals surface area contributed by atoms with Gasteiger partial charge in [-0.2, -0.15) is 0 Å².